The third kappa shape index (κ3) is 3.74. The van der Waals surface area contributed by atoms with Crippen molar-refractivity contribution in [1.29, 1.82) is 0 Å². The highest BCUT2D eigenvalue weighted by atomic mass is 19.1. The van der Waals surface area contributed by atoms with E-state index < -0.39 is 0 Å². The Kier molecular flexibility index (Phi) is 5.12. The molecule has 1 atom stereocenters. The van der Waals surface area contributed by atoms with Gasteiger partial charge in [0.05, 0.1) is 0 Å². The highest BCUT2D eigenvalue weighted by Crippen LogP contribution is 2.09. The van der Waals surface area contributed by atoms with E-state index in [1.165, 1.54) is 12.1 Å². The summed E-state index contributed by atoms with van der Waals surface area (Å²) in [7, 11) is 1.54. The fourth-order valence-corrected chi connectivity index (χ4v) is 1.59. The van der Waals surface area contributed by atoms with Crippen molar-refractivity contribution >= 4 is 5.78 Å². The summed E-state index contributed by atoms with van der Waals surface area (Å²) in [6.07, 6.45) is 1.61. The molecule has 0 radical (unpaired) electrons. The average Bonchev–Trinajstić information content (AvgIpc) is 2.29. The van der Waals surface area contributed by atoms with Gasteiger partial charge >= 0.3 is 0 Å². The molecule has 1 aromatic rings. The third-order valence-electron chi connectivity index (χ3n) is 2.49. The first kappa shape index (κ1) is 12.8. The Hall–Kier alpha value is -1.22. The lowest BCUT2D eigenvalue weighted by atomic mass is 10.0. The summed E-state index contributed by atoms with van der Waals surface area (Å²) in [4.78, 5) is 11.8. The van der Waals surface area contributed by atoms with Gasteiger partial charge in [-0.15, -0.1) is 0 Å². The molecule has 88 valence electrons. The zero-order valence-corrected chi connectivity index (χ0v) is 9.70. The molecule has 1 rings (SSSR count). The molecule has 2 nitrogen and oxygen atoms in total. The van der Waals surface area contributed by atoms with E-state index in [4.69, 9.17) is 4.74 Å². The van der Waals surface area contributed by atoms with Crippen molar-refractivity contribution in [3.63, 3.8) is 0 Å². The zero-order chi connectivity index (χ0) is 12.0. The SMILES string of the molecule is CCCC(OC)C(=O)Cc1ccc(F)cc1. The average molecular weight is 224 g/mol. The molecule has 0 fully saturated rings. The van der Waals surface area contributed by atoms with Gasteiger partial charge in [-0.1, -0.05) is 25.5 Å². The maximum atomic E-state index is 12.7. The molecule has 0 heterocycles. The Morgan fingerprint density at radius 1 is 1.38 bits per heavy atom. The second-order valence-electron chi connectivity index (χ2n) is 3.78. The Morgan fingerprint density at radius 2 is 2.00 bits per heavy atom. The summed E-state index contributed by atoms with van der Waals surface area (Å²) < 4.78 is 17.8. The molecule has 0 bridgehead atoms. The van der Waals surface area contributed by atoms with Gasteiger partial charge in [-0.05, 0) is 24.1 Å². The van der Waals surface area contributed by atoms with Crippen molar-refractivity contribution in [2.45, 2.75) is 32.3 Å². The zero-order valence-electron chi connectivity index (χ0n) is 9.70. The van der Waals surface area contributed by atoms with Crippen molar-refractivity contribution in [3.05, 3.63) is 35.6 Å². The van der Waals surface area contributed by atoms with Gasteiger partial charge in [0.25, 0.3) is 0 Å². The van der Waals surface area contributed by atoms with Gasteiger partial charge in [0.1, 0.15) is 11.9 Å². The number of benzene rings is 1. The van der Waals surface area contributed by atoms with Crippen LogP contribution in [0, 0.1) is 5.82 Å². The van der Waals surface area contributed by atoms with Crippen molar-refractivity contribution in [3.8, 4) is 0 Å². The van der Waals surface area contributed by atoms with Crippen molar-refractivity contribution < 1.29 is 13.9 Å². The van der Waals surface area contributed by atoms with Crippen LogP contribution in [0.15, 0.2) is 24.3 Å². The predicted octanol–water partition coefficient (Wildman–Crippen LogP) is 2.75. The standard InChI is InChI=1S/C13H17FO2/c1-3-4-13(16-2)12(15)9-10-5-7-11(14)8-6-10/h5-8,13H,3-4,9H2,1-2H3. The summed E-state index contributed by atoms with van der Waals surface area (Å²) in [6, 6.07) is 5.99. The molecule has 0 spiro atoms. The topological polar surface area (TPSA) is 26.3 Å². The molecule has 3 heteroatoms. The molecular formula is C13H17FO2. The molecule has 0 aromatic heterocycles. The first-order valence-electron chi connectivity index (χ1n) is 5.47. The van der Waals surface area contributed by atoms with E-state index >= 15 is 0 Å². The molecule has 1 unspecified atom stereocenters. The third-order valence-corrected chi connectivity index (χ3v) is 2.49. The van der Waals surface area contributed by atoms with E-state index in [0.29, 0.717) is 6.42 Å². The molecule has 1 aromatic carbocycles. The lowest BCUT2D eigenvalue weighted by molar-refractivity contribution is -0.128. The Balaban J connectivity index is 2.59. The van der Waals surface area contributed by atoms with Crippen LogP contribution in [0.1, 0.15) is 25.3 Å². The number of ketones is 1. The second-order valence-corrected chi connectivity index (χ2v) is 3.78. The van der Waals surface area contributed by atoms with Crippen LogP contribution in [0.4, 0.5) is 4.39 Å². The fourth-order valence-electron chi connectivity index (χ4n) is 1.59. The molecule has 16 heavy (non-hydrogen) atoms. The van der Waals surface area contributed by atoms with Crippen molar-refractivity contribution in [1.82, 2.24) is 0 Å². The monoisotopic (exact) mass is 224 g/mol. The minimum Gasteiger partial charge on any atom is -0.374 e. The van der Waals surface area contributed by atoms with Crippen molar-refractivity contribution in [2.24, 2.45) is 0 Å². The van der Waals surface area contributed by atoms with Crippen LogP contribution in [-0.4, -0.2) is 19.0 Å². The van der Waals surface area contributed by atoms with Crippen LogP contribution in [-0.2, 0) is 16.0 Å². The van der Waals surface area contributed by atoms with Crippen LogP contribution in [0.2, 0.25) is 0 Å². The van der Waals surface area contributed by atoms with E-state index in [9.17, 15) is 9.18 Å². The number of rotatable bonds is 6. The number of carbonyl (C=O) groups excluding carboxylic acids is 1. The summed E-state index contributed by atoms with van der Waals surface area (Å²) >= 11 is 0. The van der Waals surface area contributed by atoms with E-state index in [1.54, 1.807) is 19.2 Å². The number of Topliss-reactive ketones (excluding diaryl/α,β-unsaturated/α-hetero) is 1. The Morgan fingerprint density at radius 3 is 2.50 bits per heavy atom. The maximum absolute atomic E-state index is 12.7. The Bertz CT molecular complexity index is 332. The van der Waals surface area contributed by atoms with E-state index in [0.717, 1.165) is 18.4 Å². The lowest BCUT2D eigenvalue weighted by Crippen LogP contribution is -2.24. The summed E-state index contributed by atoms with van der Waals surface area (Å²) in [5.74, 6) is -0.232. The van der Waals surface area contributed by atoms with Crippen LogP contribution in [0.25, 0.3) is 0 Å². The number of hydrogen-bond acceptors (Lipinski definition) is 2. The first-order chi connectivity index (χ1) is 7.67. The van der Waals surface area contributed by atoms with Gasteiger partial charge in [-0.2, -0.15) is 0 Å². The largest absolute Gasteiger partial charge is 0.374 e. The summed E-state index contributed by atoms with van der Waals surface area (Å²) in [5, 5.41) is 0. The van der Waals surface area contributed by atoms with E-state index in [-0.39, 0.29) is 17.7 Å². The maximum Gasteiger partial charge on any atom is 0.165 e. The number of methoxy groups -OCH3 is 1. The van der Waals surface area contributed by atoms with Gasteiger partial charge in [-0.3, -0.25) is 4.79 Å². The lowest BCUT2D eigenvalue weighted by Gasteiger charge is -2.12. The number of halogens is 1. The van der Waals surface area contributed by atoms with Gasteiger partial charge in [0, 0.05) is 13.5 Å². The molecule has 0 aliphatic carbocycles. The van der Waals surface area contributed by atoms with Crippen LogP contribution in [0.3, 0.4) is 0 Å². The van der Waals surface area contributed by atoms with Crippen molar-refractivity contribution in [2.75, 3.05) is 7.11 Å². The minimum atomic E-state index is -0.338. The minimum absolute atomic E-state index is 0.0518. The quantitative estimate of drug-likeness (QED) is 0.742. The molecule has 0 saturated carbocycles. The van der Waals surface area contributed by atoms with Gasteiger partial charge in [0.15, 0.2) is 5.78 Å². The molecule has 0 amide bonds. The second kappa shape index (κ2) is 6.38. The summed E-state index contributed by atoms with van der Waals surface area (Å²) in [6.45, 7) is 2.01. The highest BCUT2D eigenvalue weighted by Gasteiger charge is 2.16. The van der Waals surface area contributed by atoms with E-state index in [2.05, 4.69) is 0 Å². The van der Waals surface area contributed by atoms with Crippen LogP contribution in [0.5, 0.6) is 0 Å². The van der Waals surface area contributed by atoms with Crippen LogP contribution < -0.4 is 0 Å². The number of carbonyl (C=O) groups is 1. The first-order valence-corrected chi connectivity index (χ1v) is 5.47. The molecular weight excluding hydrogens is 207 g/mol. The predicted molar refractivity (Wildman–Crippen MR) is 60.8 cm³/mol. The van der Waals surface area contributed by atoms with Crippen LogP contribution >= 0.6 is 0 Å². The van der Waals surface area contributed by atoms with Gasteiger partial charge < -0.3 is 4.74 Å². The number of hydrogen-bond donors (Lipinski definition) is 0. The fraction of sp³-hybridized carbons (Fsp3) is 0.462. The normalized spacial score (nSPS) is 12.4. The molecule has 0 aliphatic rings. The number of ether oxygens (including phenoxy) is 1. The van der Waals surface area contributed by atoms with Gasteiger partial charge in [-0.25, -0.2) is 4.39 Å². The molecule has 0 saturated heterocycles. The smallest absolute Gasteiger partial charge is 0.165 e. The highest BCUT2D eigenvalue weighted by molar-refractivity contribution is 5.85. The Labute approximate surface area is 95.4 Å². The van der Waals surface area contributed by atoms with E-state index in [1.807, 2.05) is 6.92 Å². The summed E-state index contributed by atoms with van der Waals surface area (Å²) in [5.41, 5.74) is 0.824. The molecule has 0 aliphatic heterocycles. The molecule has 0 N–H and O–H groups in total. The van der Waals surface area contributed by atoms with Gasteiger partial charge in [0.2, 0.25) is 0 Å².